The number of pyridine rings is 1. The van der Waals surface area contributed by atoms with E-state index in [1.54, 1.807) is 42.3 Å². The minimum absolute atomic E-state index is 0.106. The van der Waals surface area contributed by atoms with Crippen molar-refractivity contribution in [2.75, 3.05) is 18.9 Å². The summed E-state index contributed by atoms with van der Waals surface area (Å²) in [7, 11) is 1.77. The predicted octanol–water partition coefficient (Wildman–Crippen LogP) is 3.84. The third-order valence-electron chi connectivity index (χ3n) is 3.33. The SMILES string of the molecule is CCCCN(C)C(=O)c1ccc(Nc2ccccc2F)cn1. The Morgan fingerprint density at radius 2 is 2.05 bits per heavy atom. The van der Waals surface area contributed by atoms with Crippen molar-refractivity contribution in [2.45, 2.75) is 19.8 Å². The van der Waals surface area contributed by atoms with Crippen molar-refractivity contribution >= 4 is 17.3 Å². The quantitative estimate of drug-likeness (QED) is 0.882. The fourth-order valence-corrected chi connectivity index (χ4v) is 2.00. The maximum atomic E-state index is 13.6. The number of hydrogen-bond donors (Lipinski definition) is 1. The average Bonchev–Trinajstić information content (AvgIpc) is 2.55. The van der Waals surface area contributed by atoms with Gasteiger partial charge in [0.1, 0.15) is 11.5 Å². The number of para-hydroxylation sites is 1. The highest BCUT2D eigenvalue weighted by molar-refractivity contribution is 5.92. The second kappa shape index (κ2) is 7.54. The Balaban J connectivity index is 2.04. The molecular weight excluding hydrogens is 281 g/mol. The molecule has 0 saturated heterocycles. The lowest BCUT2D eigenvalue weighted by Crippen LogP contribution is -2.28. The van der Waals surface area contributed by atoms with Crippen molar-refractivity contribution in [3.8, 4) is 0 Å². The molecule has 116 valence electrons. The van der Waals surface area contributed by atoms with Crippen LogP contribution in [-0.4, -0.2) is 29.4 Å². The Labute approximate surface area is 130 Å². The summed E-state index contributed by atoms with van der Waals surface area (Å²) in [5.74, 6) is -0.437. The minimum atomic E-state index is -0.332. The van der Waals surface area contributed by atoms with Crippen LogP contribution in [0.15, 0.2) is 42.6 Å². The summed E-state index contributed by atoms with van der Waals surface area (Å²) in [6, 6.07) is 9.78. The van der Waals surface area contributed by atoms with Crippen molar-refractivity contribution in [3.05, 3.63) is 54.1 Å². The number of anilines is 2. The fraction of sp³-hybridized carbons (Fsp3) is 0.294. The number of nitrogens with zero attached hydrogens (tertiary/aromatic N) is 2. The number of benzene rings is 1. The van der Waals surface area contributed by atoms with Gasteiger partial charge in [0.2, 0.25) is 0 Å². The van der Waals surface area contributed by atoms with Crippen LogP contribution in [0.5, 0.6) is 0 Å². The molecule has 0 saturated carbocycles. The molecular formula is C17H20FN3O. The van der Waals surface area contributed by atoms with E-state index >= 15 is 0 Å². The van der Waals surface area contributed by atoms with Crippen molar-refractivity contribution in [3.63, 3.8) is 0 Å². The van der Waals surface area contributed by atoms with Crippen LogP contribution in [0, 0.1) is 5.82 Å². The van der Waals surface area contributed by atoms with E-state index in [0.29, 0.717) is 23.6 Å². The number of hydrogen-bond acceptors (Lipinski definition) is 3. The van der Waals surface area contributed by atoms with Gasteiger partial charge in [-0.05, 0) is 30.7 Å². The third kappa shape index (κ3) is 4.04. The van der Waals surface area contributed by atoms with Crippen molar-refractivity contribution in [1.29, 1.82) is 0 Å². The summed E-state index contributed by atoms with van der Waals surface area (Å²) in [5, 5.41) is 2.94. The normalized spacial score (nSPS) is 10.3. The molecule has 0 fully saturated rings. The van der Waals surface area contributed by atoms with Gasteiger partial charge in [-0.1, -0.05) is 25.5 Å². The number of rotatable bonds is 6. The molecule has 2 aromatic rings. The minimum Gasteiger partial charge on any atom is -0.352 e. The molecule has 0 unspecified atom stereocenters. The number of unbranched alkanes of at least 4 members (excludes halogenated alkanes) is 1. The molecule has 0 aliphatic carbocycles. The van der Waals surface area contributed by atoms with Gasteiger partial charge < -0.3 is 10.2 Å². The number of nitrogens with one attached hydrogen (secondary N) is 1. The largest absolute Gasteiger partial charge is 0.352 e. The van der Waals surface area contributed by atoms with E-state index < -0.39 is 0 Å². The summed E-state index contributed by atoms with van der Waals surface area (Å²) >= 11 is 0. The van der Waals surface area contributed by atoms with Gasteiger partial charge in [0.25, 0.3) is 5.91 Å². The van der Waals surface area contributed by atoms with Gasteiger partial charge >= 0.3 is 0 Å². The smallest absolute Gasteiger partial charge is 0.272 e. The number of halogens is 1. The highest BCUT2D eigenvalue weighted by Gasteiger charge is 2.12. The number of carbonyl (C=O) groups excluding carboxylic acids is 1. The Hall–Kier alpha value is -2.43. The second-order valence-electron chi connectivity index (χ2n) is 5.12. The van der Waals surface area contributed by atoms with Crippen molar-refractivity contribution < 1.29 is 9.18 Å². The van der Waals surface area contributed by atoms with Gasteiger partial charge in [-0.2, -0.15) is 0 Å². The maximum Gasteiger partial charge on any atom is 0.272 e. The van der Waals surface area contributed by atoms with E-state index in [-0.39, 0.29) is 11.7 Å². The van der Waals surface area contributed by atoms with E-state index in [4.69, 9.17) is 0 Å². The van der Waals surface area contributed by atoms with Gasteiger partial charge in [0.15, 0.2) is 0 Å². The summed E-state index contributed by atoms with van der Waals surface area (Å²) < 4.78 is 13.6. The maximum absolute atomic E-state index is 13.6. The van der Waals surface area contributed by atoms with Gasteiger partial charge in [0, 0.05) is 13.6 Å². The van der Waals surface area contributed by atoms with Crippen LogP contribution in [0.25, 0.3) is 0 Å². The van der Waals surface area contributed by atoms with E-state index in [0.717, 1.165) is 12.8 Å². The Kier molecular flexibility index (Phi) is 5.47. The standard InChI is InChI=1S/C17H20FN3O/c1-3-4-11-21(2)17(22)16-10-9-13(12-19-16)20-15-8-6-5-7-14(15)18/h5-10,12,20H,3-4,11H2,1-2H3. The predicted molar refractivity (Wildman–Crippen MR) is 85.8 cm³/mol. The van der Waals surface area contributed by atoms with Gasteiger partial charge in [-0.15, -0.1) is 0 Å². The molecule has 0 spiro atoms. The van der Waals surface area contributed by atoms with E-state index in [1.807, 2.05) is 0 Å². The molecule has 1 heterocycles. The van der Waals surface area contributed by atoms with E-state index in [9.17, 15) is 9.18 Å². The first kappa shape index (κ1) is 15.9. The number of amides is 1. The molecule has 0 atom stereocenters. The second-order valence-corrected chi connectivity index (χ2v) is 5.12. The Bertz CT molecular complexity index is 628. The van der Waals surface area contributed by atoms with Crippen molar-refractivity contribution in [1.82, 2.24) is 9.88 Å². The Morgan fingerprint density at radius 1 is 1.27 bits per heavy atom. The zero-order valence-electron chi connectivity index (χ0n) is 12.8. The summed E-state index contributed by atoms with van der Waals surface area (Å²) in [4.78, 5) is 18.0. The van der Waals surface area contributed by atoms with Crippen LogP contribution in [0.2, 0.25) is 0 Å². The van der Waals surface area contributed by atoms with Crippen LogP contribution in [-0.2, 0) is 0 Å². The summed E-state index contributed by atoms with van der Waals surface area (Å²) in [5.41, 5.74) is 1.40. The molecule has 2 rings (SSSR count). The summed E-state index contributed by atoms with van der Waals surface area (Å²) in [6.45, 7) is 2.80. The molecule has 1 aromatic heterocycles. The summed E-state index contributed by atoms with van der Waals surface area (Å²) in [6.07, 6.45) is 3.54. The molecule has 1 amide bonds. The lowest BCUT2D eigenvalue weighted by Gasteiger charge is -2.16. The molecule has 0 bridgehead atoms. The van der Waals surface area contributed by atoms with Gasteiger partial charge in [-0.25, -0.2) is 9.37 Å². The fourth-order valence-electron chi connectivity index (χ4n) is 2.00. The van der Waals surface area contributed by atoms with Crippen molar-refractivity contribution in [2.24, 2.45) is 0 Å². The molecule has 4 nitrogen and oxygen atoms in total. The molecule has 0 radical (unpaired) electrons. The van der Waals surface area contributed by atoms with Crippen LogP contribution in [0.4, 0.5) is 15.8 Å². The van der Waals surface area contributed by atoms with Crippen LogP contribution >= 0.6 is 0 Å². The third-order valence-corrected chi connectivity index (χ3v) is 3.33. The van der Waals surface area contributed by atoms with Crippen LogP contribution in [0.1, 0.15) is 30.3 Å². The van der Waals surface area contributed by atoms with Crippen LogP contribution in [0.3, 0.4) is 0 Å². The lowest BCUT2D eigenvalue weighted by atomic mass is 10.2. The zero-order chi connectivity index (χ0) is 15.9. The molecule has 0 aliphatic heterocycles. The van der Waals surface area contributed by atoms with Gasteiger partial charge in [0.05, 0.1) is 17.6 Å². The highest BCUT2D eigenvalue weighted by atomic mass is 19.1. The average molecular weight is 301 g/mol. The first-order valence-electron chi connectivity index (χ1n) is 7.35. The monoisotopic (exact) mass is 301 g/mol. The molecule has 0 aliphatic rings. The van der Waals surface area contributed by atoms with Crippen LogP contribution < -0.4 is 5.32 Å². The van der Waals surface area contributed by atoms with Gasteiger partial charge in [-0.3, -0.25) is 4.79 Å². The molecule has 22 heavy (non-hydrogen) atoms. The first-order chi connectivity index (χ1) is 10.6. The van der Waals surface area contributed by atoms with E-state index in [1.165, 1.54) is 12.3 Å². The highest BCUT2D eigenvalue weighted by Crippen LogP contribution is 2.19. The number of aromatic nitrogens is 1. The van der Waals surface area contributed by atoms with E-state index in [2.05, 4.69) is 17.2 Å². The topological polar surface area (TPSA) is 45.2 Å². The molecule has 1 N–H and O–H groups in total. The number of carbonyl (C=O) groups is 1. The molecule has 1 aromatic carbocycles. The lowest BCUT2D eigenvalue weighted by molar-refractivity contribution is 0.0787. The first-order valence-corrected chi connectivity index (χ1v) is 7.35. The Morgan fingerprint density at radius 3 is 2.68 bits per heavy atom. The molecule has 5 heteroatoms. The zero-order valence-corrected chi connectivity index (χ0v) is 12.8.